The lowest BCUT2D eigenvalue weighted by molar-refractivity contribution is -0.604. The summed E-state index contributed by atoms with van der Waals surface area (Å²) in [6.45, 7) is 4.80. The summed E-state index contributed by atoms with van der Waals surface area (Å²) >= 11 is 0. The van der Waals surface area contributed by atoms with Gasteiger partial charge in [0, 0.05) is 56.6 Å². The summed E-state index contributed by atoms with van der Waals surface area (Å²) in [7, 11) is 2.24. The van der Waals surface area contributed by atoms with Crippen LogP contribution in [0, 0.1) is 5.41 Å². The van der Waals surface area contributed by atoms with E-state index in [2.05, 4.69) is 56.3 Å². The SMILES string of the molecule is CN1Cc2c(nc(OC[C@@]34CCCN3CC(F)C4)nc2N2CCC[NH2+]/C(=C\C(=N)c3cccc(=O)[nH]3)C2)C[C@]12CCCc1ccccc12. The zero-order valence-electron chi connectivity index (χ0n) is 27.8. The number of rotatable bonds is 6. The van der Waals surface area contributed by atoms with Crippen LogP contribution >= 0.6 is 0 Å². The molecule has 48 heavy (non-hydrogen) atoms. The fourth-order valence-electron chi connectivity index (χ4n) is 9.14. The first-order chi connectivity index (χ1) is 23.3. The van der Waals surface area contributed by atoms with E-state index >= 15 is 0 Å². The summed E-state index contributed by atoms with van der Waals surface area (Å²) in [5.41, 5.74) is 6.14. The third kappa shape index (κ3) is 5.65. The molecule has 0 bridgehead atoms. The van der Waals surface area contributed by atoms with E-state index in [0.717, 1.165) is 93.9 Å². The van der Waals surface area contributed by atoms with Crippen LogP contribution in [0.2, 0.25) is 0 Å². The highest BCUT2D eigenvalue weighted by molar-refractivity contribution is 6.05. The zero-order valence-corrected chi connectivity index (χ0v) is 27.8. The number of pyridine rings is 1. The van der Waals surface area contributed by atoms with Crippen LogP contribution in [0.3, 0.4) is 0 Å². The number of H-pyrrole nitrogens is 1. The summed E-state index contributed by atoms with van der Waals surface area (Å²) in [4.78, 5) is 32.1. The Labute approximate surface area is 280 Å². The lowest BCUT2D eigenvalue weighted by atomic mass is 9.71. The van der Waals surface area contributed by atoms with Crippen LogP contribution < -0.4 is 20.5 Å². The van der Waals surface area contributed by atoms with Crippen LogP contribution in [0.1, 0.15) is 66.6 Å². The van der Waals surface area contributed by atoms with Gasteiger partial charge in [-0.15, -0.1) is 0 Å². The van der Waals surface area contributed by atoms with Gasteiger partial charge in [0.15, 0.2) is 0 Å². The van der Waals surface area contributed by atoms with E-state index in [0.29, 0.717) is 37.8 Å². The van der Waals surface area contributed by atoms with Crippen LogP contribution in [0.15, 0.2) is 59.0 Å². The number of ether oxygens (including phenoxy) is 1. The topological polar surface area (TPSA) is 118 Å². The second-order valence-corrected chi connectivity index (χ2v) is 14.5. The quantitative estimate of drug-likeness (QED) is 0.350. The van der Waals surface area contributed by atoms with E-state index < -0.39 is 6.17 Å². The number of nitrogens with one attached hydrogen (secondary N) is 2. The molecule has 8 rings (SSSR count). The van der Waals surface area contributed by atoms with E-state index in [1.165, 1.54) is 17.2 Å². The number of halogens is 1. The number of fused-ring (bicyclic) bond motifs is 4. The molecule has 10 nitrogen and oxygen atoms in total. The average Bonchev–Trinajstić information content (AvgIpc) is 3.50. The van der Waals surface area contributed by atoms with Gasteiger partial charge < -0.3 is 19.9 Å². The van der Waals surface area contributed by atoms with Crippen molar-refractivity contribution in [2.24, 2.45) is 0 Å². The van der Waals surface area contributed by atoms with Crippen LogP contribution in [0.25, 0.3) is 0 Å². The van der Waals surface area contributed by atoms with Gasteiger partial charge in [-0.3, -0.25) is 20.0 Å². The molecule has 2 aromatic heterocycles. The van der Waals surface area contributed by atoms with Gasteiger partial charge in [0.05, 0.1) is 41.3 Å². The molecule has 3 atom stereocenters. The molecular weight excluding hydrogens is 607 g/mol. The number of likely N-dealkylation sites (N-methyl/N-ethyl adjacent to an activating group) is 1. The maximum absolute atomic E-state index is 14.6. The summed E-state index contributed by atoms with van der Waals surface area (Å²) in [6, 6.07) is 14.2. The van der Waals surface area contributed by atoms with Crippen molar-refractivity contribution >= 4 is 11.5 Å². The Kier molecular flexibility index (Phi) is 8.17. The van der Waals surface area contributed by atoms with Gasteiger partial charge in [-0.25, -0.2) is 4.39 Å². The third-order valence-electron chi connectivity index (χ3n) is 11.5. The van der Waals surface area contributed by atoms with Gasteiger partial charge in [-0.1, -0.05) is 30.3 Å². The number of alkyl halides is 1. The molecule has 3 aromatic rings. The molecule has 11 heteroatoms. The molecule has 1 aliphatic carbocycles. The highest BCUT2D eigenvalue weighted by atomic mass is 19.1. The monoisotopic (exact) mass is 653 g/mol. The molecule has 252 valence electrons. The number of nitrogens with zero attached hydrogens (tertiary/aromatic N) is 5. The minimum absolute atomic E-state index is 0.141. The number of quaternary nitrogens is 1. The summed E-state index contributed by atoms with van der Waals surface area (Å²) in [5, 5.41) is 10.9. The fraction of sp³-hybridized carbons (Fsp3) is 0.514. The molecule has 0 amide bonds. The fourth-order valence-corrected chi connectivity index (χ4v) is 9.14. The van der Waals surface area contributed by atoms with Crippen molar-refractivity contribution in [2.45, 2.75) is 75.2 Å². The van der Waals surface area contributed by atoms with Gasteiger partial charge in [-0.05, 0) is 62.9 Å². The Bertz CT molecular complexity index is 1810. The number of anilines is 1. The van der Waals surface area contributed by atoms with Crippen LogP contribution in [-0.2, 0) is 24.9 Å². The average molecular weight is 654 g/mol. The van der Waals surface area contributed by atoms with E-state index in [-0.39, 0.29) is 22.3 Å². The maximum Gasteiger partial charge on any atom is 0.318 e. The summed E-state index contributed by atoms with van der Waals surface area (Å²) < 4.78 is 21.2. The minimum atomic E-state index is -0.818. The maximum atomic E-state index is 14.6. The molecule has 4 aliphatic heterocycles. The first kappa shape index (κ1) is 31.3. The Morgan fingerprint density at radius 2 is 2.02 bits per heavy atom. The molecule has 0 saturated carbocycles. The lowest BCUT2D eigenvalue weighted by Crippen LogP contribution is -2.82. The number of benzene rings is 1. The van der Waals surface area contributed by atoms with E-state index in [1.54, 1.807) is 12.1 Å². The van der Waals surface area contributed by atoms with Gasteiger partial charge in [0.2, 0.25) is 5.56 Å². The molecule has 3 fully saturated rings. The van der Waals surface area contributed by atoms with E-state index in [4.69, 9.17) is 20.1 Å². The van der Waals surface area contributed by atoms with Crippen LogP contribution in [0.5, 0.6) is 6.01 Å². The van der Waals surface area contributed by atoms with Crippen molar-refractivity contribution in [3.8, 4) is 6.01 Å². The van der Waals surface area contributed by atoms with E-state index in [1.807, 2.05) is 6.08 Å². The van der Waals surface area contributed by atoms with Gasteiger partial charge in [-0.2, -0.15) is 9.97 Å². The number of allylic oxidation sites excluding steroid dienone is 1. The smallest absolute Gasteiger partial charge is 0.318 e. The molecule has 4 N–H and O–H groups in total. The normalized spacial score (nSPS) is 28.2. The predicted molar refractivity (Wildman–Crippen MR) is 182 cm³/mol. The van der Waals surface area contributed by atoms with Crippen molar-refractivity contribution in [3.05, 3.63) is 92.7 Å². The standard InChI is InChI=1S/C37H45FN8O2/c1-44-23-28-32(20-37(44)14-5-9-25-8-2-3-10-29(25)37)42-35(48-24-36-13-6-17-46(36)21-26(38)19-36)43-34(28)45-16-7-15-40-27(22-45)18-30(39)31-11-4-12-33(47)41-31/h2-4,8,10-12,18,26,39-40H,5-7,9,13-17,19-24H2,1H3,(H,41,47)/p+1/b27-18-,39-30?/t26?,36-,37-/m0/s1. The van der Waals surface area contributed by atoms with Crippen LogP contribution in [-0.4, -0.2) is 88.6 Å². The number of aromatic amines is 1. The first-order valence-electron chi connectivity index (χ1n) is 17.6. The Morgan fingerprint density at radius 1 is 1.12 bits per heavy atom. The lowest BCUT2D eigenvalue weighted by Gasteiger charge is -2.49. The summed E-state index contributed by atoms with van der Waals surface area (Å²) in [5.74, 6) is 0.886. The second kappa shape index (κ2) is 12.5. The van der Waals surface area contributed by atoms with Crippen molar-refractivity contribution in [2.75, 3.05) is 51.3 Å². The third-order valence-corrected chi connectivity index (χ3v) is 11.5. The molecule has 1 unspecified atom stereocenters. The number of aryl methyl sites for hydroxylation is 1. The molecular formula is C37H46FN8O2+. The minimum Gasteiger partial charge on any atom is -0.461 e. The molecule has 1 spiro atoms. The highest BCUT2D eigenvalue weighted by Gasteiger charge is 2.50. The van der Waals surface area contributed by atoms with Crippen molar-refractivity contribution in [1.29, 1.82) is 5.41 Å². The molecule has 3 saturated heterocycles. The molecule has 6 heterocycles. The van der Waals surface area contributed by atoms with Crippen molar-refractivity contribution in [1.82, 2.24) is 24.8 Å². The first-order valence-corrected chi connectivity index (χ1v) is 17.6. The molecule has 5 aliphatic rings. The van der Waals surface area contributed by atoms with Gasteiger partial charge in [0.25, 0.3) is 0 Å². The number of nitrogens with two attached hydrogens (primary N) is 1. The Hall–Kier alpha value is -3.93. The van der Waals surface area contributed by atoms with Gasteiger partial charge in [0.1, 0.15) is 24.3 Å². The summed E-state index contributed by atoms with van der Waals surface area (Å²) in [6.07, 6.45) is 8.57. The second-order valence-electron chi connectivity index (χ2n) is 14.5. The molecule has 1 aromatic carbocycles. The zero-order chi connectivity index (χ0) is 32.9. The number of hydrogen-bond acceptors (Lipinski definition) is 8. The predicted octanol–water partition coefficient (Wildman–Crippen LogP) is 3.07. The Morgan fingerprint density at radius 3 is 2.92 bits per heavy atom. The van der Waals surface area contributed by atoms with Crippen LogP contribution in [0.4, 0.5) is 10.2 Å². The van der Waals surface area contributed by atoms with Gasteiger partial charge >= 0.3 is 6.01 Å². The largest absolute Gasteiger partial charge is 0.461 e. The molecule has 0 radical (unpaired) electrons. The highest BCUT2D eigenvalue weighted by Crippen LogP contribution is 2.47. The van der Waals surface area contributed by atoms with Crippen molar-refractivity contribution in [3.63, 3.8) is 0 Å². The number of aromatic nitrogens is 3. The number of hydrogen-bond donors (Lipinski definition) is 3. The van der Waals surface area contributed by atoms with E-state index in [9.17, 15) is 9.18 Å². The Balaban J connectivity index is 1.16. The van der Waals surface area contributed by atoms with Crippen molar-refractivity contribution < 1.29 is 14.4 Å².